The van der Waals surface area contributed by atoms with E-state index >= 15 is 0 Å². The Bertz CT molecular complexity index is 636. The molecule has 2 aromatic rings. The zero-order valence-electron chi connectivity index (χ0n) is 11.9. The predicted molar refractivity (Wildman–Crippen MR) is 82.9 cm³/mol. The number of methoxy groups -OCH3 is 1. The van der Waals surface area contributed by atoms with E-state index in [2.05, 4.69) is 26.1 Å². The van der Waals surface area contributed by atoms with Gasteiger partial charge < -0.3 is 15.0 Å². The van der Waals surface area contributed by atoms with Crippen LogP contribution in [0.4, 0.5) is 0 Å². The first-order valence-electron chi connectivity index (χ1n) is 7.09. The number of rotatable bonds is 3. The Morgan fingerprint density at radius 2 is 2.05 bits per heavy atom. The zero-order chi connectivity index (χ0) is 14.9. The molecule has 1 saturated carbocycles. The van der Waals surface area contributed by atoms with Crippen LogP contribution in [0.25, 0.3) is 11.5 Å². The summed E-state index contributed by atoms with van der Waals surface area (Å²) in [5.74, 6) is 1.81. The molecule has 0 unspecified atom stereocenters. The van der Waals surface area contributed by atoms with Gasteiger partial charge in [0.15, 0.2) is 5.82 Å². The van der Waals surface area contributed by atoms with E-state index < -0.39 is 5.54 Å². The van der Waals surface area contributed by atoms with Crippen LogP contribution < -0.4 is 10.5 Å². The Balaban J connectivity index is 1.94. The number of halogens is 1. The van der Waals surface area contributed by atoms with Crippen molar-refractivity contribution in [2.75, 3.05) is 7.11 Å². The van der Waals surface area contributed by atoms with Crippen molar-refractivity contribution >= 4 is 15.9 Å². The highest BCUT2D eigenvalue weighted by atomic mass is 79.9. The van der Waals surface area contributed by atoms with Gasteiger partial charge in [0.05, 0.1) is 18.2 Å². The molecule has 6 heteroatoms. The molecule has 3 rings (SSSR count). The van der Waals surface area contributed by atoms with Crippen LogP contribution >= 0.6 is 15.9 Å². The number of hydrogen-bond donors (Lipinski definition) is 1. The minimum Gasteiger partial charge on any atom is -0.497 e. The van der Waals surface area contributed by atoms with Crippen molar-refractivity contribution < 1.29 is 9.26 Å². The monoisotopic (exact) mass is 351 g/mol. The predicted octanol–water partition coefficient (Wildman–Crippen LogP) is 3.63. The van der Waals surface area contributed by atoms with Gasteiger partial charge in [0.1, 0.15) is 5.75 Å². The molecule has 2 N–H and O–H groups in total. The topological polar surface area (TPSA) is 74.2 Å². The molecule has 0 aliphatic heterocycles. The van der Waals surface area contributed by atoms with Crippen LogP contribution in [0.2, 0.25) is 0 Å². The molecule has 1 heterocycles. The average molecular weight is 352 g/mol. The molecular weight excluding hydrogens is 334 g/mol. The summed E-state index contributed by atoms with van der Waals surface area (Å²) in [6, 6.07) is 5.64. The summed E-state index contributed by atoms with van der Waals surface area (Å²) in [6.45, 7) is 0. The summed E-state index contributed by atoms with van der Waals surface area (Å²) in [4.78, 5) is 4.52. The fraction of sp³-hybridized carbons (Fsp3) is 0.467. The van der Waals surface area contributed by atoms with E-state index in [-0.39, 0.29) is 0 Å². The summed E-state index contributed by atoms with van der Waals surface area (Å²) in [7, 11) is 1.63. The van der Waals surface area contributed by atoms with Crippen LogP contribution in [0.15, 0.2) is 27.2 Å². The van der Waals surface area contributed by atoms with Gasteiger partial charge >= 0.3 is 0 Å². The van der Waals surface area contributed by atoms with Crippen molar-refractivity contribution in [3.8, 4) is 17.2 Å². The van der Waals surface area contributed by atoms with E-state index in [1.807, 2.05) is 18.2 Å². The summed E-state index contributed by atoms with van der Waals surface area (Å²) >= 11 is 3.50. The van der Waals surface area contributed by atoms with Gasteiger partial charge in [-0.15, -0.1) is 0 Å². The number of aromatic nitrogens is 2. The lowest BCUT2D eigenvalue weighted by atomic mass is 9.82. The average Bonchev–Trinajstić information content (AvgIpc) is 2.99. The Kier molecular flexibility index (Phi) is 3.99. The van der Waals surface area contributed by atoms with Crippen LogP contribution in [-0.2, 0) is 5.54 Å². The smallest absolute Gasteiger partial charge is 0.259 e. The molecule has 1 fully saturated rings. The first kappa shape index (κ1) is 14.5. The summed E-state index contributed by atoms with van der Waals surface area (Å²) in [5.41, 5.74) is 6.80. The van der Waals surface area contributed by atoms with Gasteiger partial charge in [-0.3, -0.25) is 0 Å². The fourth-order valence-corrected chi connectivity index (χ4v) is 3.15. The van der Waals surface area contributed by atoms with Gasteiger partial charge in [-0.05, 0) is 47.0 Å². The van der Waals surface area contributed by atoms with Gasteiger partial charge in [-0.1, -0.05) is 24.4 Å². The van der Waals surface area contributed by atoms with E-state index in [1.54, 1.807) is 7.11 Å². The SMILES string of the molecule is COc1ccc(Br)c(-c2nc(C3(N)CCCCC3)no2)c1. The normalized spacial score (nSPS) is 17.7. The van der Waals surface area contributed by atoms with E-state index in [9.17, 15) is 0 Å². The molecular formula is C15H18BrN3O2. The molecule has 0 spiro atoms. The first-order chi connectivity index (χ1) is 10.1. The fourth-order valence-electron chi connectivity index (χ4n) is 2.74. The highest BCUT2D eigenvalue weighted by Gasteiger charge is 2.34. The third kappa shape index (κ3) is 2.82. The molecule has 5 nitrogen and oxygen atoms in total. The van der Waals surface area contributed by atoms with Crippen LogP contribution in [0.5, 0.6) is 5.75 Å². The largest absolute Gasteiger partial charge is 0.497 e. The number of nitrogens with two attached hydrogens (primary N) is 1. The van der Waals surface area contributed by atoms with Crippen molar-refractivity contribution in [2.24, 2.45) is 5.73 Å². The molecule has 0 amide bonds. The van der Waals surface area contributed by atoms with E-state index in [4.69, 9.17) is 15.0 Å². The molecule has 0 radical (unpaired) electrons. The van der Waals surface area contributed by atoms with Gasteiger partial charge in [0.2, 0.25) is 0 Å². The third-order valence-electron chi connectivity index (χ3n) is 4.02. The maximum Gasteiger partial charge on any atom is 0.259 e. The van der Waals surface area contributed by atoms with E-state index in [0.717, 1.165) is 41.5 Å². The first-order valence-corrected chi connectivity index (χ1v) is 7.89. The van der Waals surface area contributed by atoms with Crippen molar-refractivity contribution in [2.45, 2.75) is 37.6 Å². The minimum absolute atomic E-state index is 0.453. The number of ether oxygens (including phenoxy) is 1. The Labute approximate surface area is 132 Å². The zero-order valence-corrected chi connectivity index (χ0v) is 13.5. The van der Waals surface area contributed by atoms with Gasteiger partial charge in [0, 0.05) is 4.47 Å². The summed E-state index contributed by atoms with van der Waals surface area (Å²) < 4.78 is 11.5. The van der Waals surface area contributed by atoms with Gasteiger partial charge in [-0.25, -0.2) is 0 Å². The van der Waals surface area contributed by atoms with Gasteiger partial charge in [0.25, 0.3) is 5.89 Å². The van der Waals surface area contributed by atoms with Crippen LogP contribution in [0.3, 0.4) is 0 Å². The lowest BCUT2D eigenvalue weighted by Crippen LogP contribution is -2.39. The Morgan fingerprint density at radius 1 is 1.29 bits per heavy atom. The Morgan fingerprint density at radius 3 is 2.76 bits per heavy atom. The third-order valence-corrected chi connectivity index (χ3v) is 4.71. The van der Waals surface area contributed by atoms with E-state index in [1.165, 1.54) is 6.42 Å². The number of nitrogens with zero attached hydrogens (tertiary/aromatic N) is 2. The second-order valence-electron chi connectivity index (χ2n) is 5.49. The lowest BCUT2D eigenvalue weighted by molar-refractivity contribution is 0.275. The molecule has 0 atom stereocenters. The van der Waals surface area contributed by atoms with Crippen molar-refractivity contribution in [3.63, 3.8) is 0 Å². The second-order valence-corrected chi connectivity index (χ2v) is 6.34. The van der Waals surface area contributed by atoms with Crippen molar-refractivity contribution in [3.05, 3.63) is 28.5 Å². The summed E-state index contributed by atoms with van der Waals surface area (Å²) in [6.07, 6.45) is 5.27. The molecule has 21 heavy (non-hydrogen) atoms. The second kappa shape index (κ2) is 5.77. The molecule has 0 bridgehead atoms. The van der Waals surface area contributed by atoms with E-state index in [0.29, 0.717) is 11.7 Å². The molecule has 112 valence electrons. The number of benzene rings is 1. The lowest BCUT2D eigenvalue weighted by Gasteiger charge is -2.29. The highest BCUT2D eigenvalue weighted by Crippen LogP contribution is 2.36. The molecule has 1 aliphatic rings. The molecule has 1 aliphatic carbocycles. The quantitative estimate of drug-likeness (QED) is 0.913. The van der Waals surface area contributed by atoms with Crippen molar-refractivity contribution in [1.82, 2.24) is 10.1 Å². The van der Waals surface area contributed by atoms with Crippen LogP contribution in [0.1, 0.15) is 37.9 Å². The summed E-state index contributed by atoms with van der Waals surface area (Å²) in [5, 5.41) is 4.11. The Hall–Kier alpha value is -1.40. The standard InChI is InChI=1S/C15H18BrN3O2/c1-20-10-5-6-12(16)11(9-10)13-18-14(19-21-13)15(17)7-3-2-4-8-15/h5-6,9H,2-4,7-8,17H2,1H3. The maximum absolute atomic E-state index is 6.44. The van der Waals surface area contributed by atoms with Crippen LogP contribution in [-0.4, -0.2) is 17.3 Å². The number of hydrogen-bond acceptors (Lipinski definition) is 5. The highest BCUT2D eigenvalue weighted by molar-refractivity contribution is 9.10. The van der Waals surface area contributed by atoms with Crippen LogP contribution in [0, 0.1) is 0 Å². The van der Waals surface area contributed by atoms with Gasteiger partial charge in [-0.2, -0.15) is 4.98 Å². The molecule has 1 aromatic heterocycles. The molecule has 1 aromatic carbocycles. The minimum atomic E-state index is -0.453. The maximum atomic E-state index is 6.44. The molecule has 0 saturated heterocycles. The van der Waals surface area contributed by atoms with Crippen molar-refractivity contribution in [1.29, 1.82) is 0 Å².